The molecule has 0 N–H and O–H groups in total. The third-order valence-corrected chi connectivity index (χ3v) is 3.40. The highest BCUT2D eigenvalue weighted by Crippen LogP contribution is 2.38. The summed E-state index contributed by atoms with van der Waals surface area (Å²) in [5, 5.41) is 4.04. The van der Waals surface area contributed by atoms with Gasteiger partial charge in [0.25, 0.3) is 0 Å². The van der Waals surface area contributed by atoms with E-state index >= 15 is 0 Å². The maximum Gasteiger partial charge on any atom is 0.240 e. The summed E-state index contributed by atoms with van der Waals surface area (Å²) in [7, 11) is 2.07. The van der Waals surface area contributed by atoms with Crippen LogP contribution in [-0.2, 0) is 13.1 Å². The van der Waals surface area contributed by atoms with E-state index in [4.69, 9.17) is 4.52 Å². The summed E-state index contributed by atoms with van der Waals surface area (Å²) in [6, 6.07) is 8.60. The average molecular weight is 257 g/mol. The topological polar surface area (TPSA) is 42.2 Å². The lowest BCUT2D eigenvalue weighted by Gasteiger charge is -2.14. The van der Waals surface area contributed by atoms with E-state index in [9.17, 15) is 0 Å². The average Bonchev–Trinajstić information content (AvgIpc) is 3.14. The van der Waals surface area contributed by atoms with Crippen molar-refractivity contribution in [2.75, 3.05) is 7.05 Å². The van der Waals surface area contributed by atoms with E-state index in [0.717, 1.165) is 18.3 Å². The van der Waals surface area contributed by atoms with Crippen molar-refractivity contribution in [1.29, 1.82) is 0 Å². The van der Waals surface area contributed by atoms with Crippen molar-refractivity contribution < 1.29 is 4.52 Å². The minimum Gasteiger partial charge on any atom is -0.338 e. The number of aryl methyl sites for hydroxylation is 1. The van der Waals surface area contributed by atoms with Crippen molar-refractivity contribution in [2.24, 2.45) is 0 Å². The van der Waals surface area contributed by atoms with Gasteiger partial charge in [-0.05, 0) is 32.4 Å². The molecule has 19 heavy (non-hydrogen) atoms. The highest BCUT2D eigenvalue weighted by atomic mass is 16.5. The second-order valence-electron chi connectivity index (χ2n) is 5.48. The van der Waals surface area contributed by atoms with Crippen molar-refractivity contribution in [2.45, 2.75) is 38.8 Å². The molecule has 0 unspecified atom stereocenters. The molecule has 4 heteroatoms. The molecule has 0 aliphatic heterocycles. The van der Waals surface area contributed by atoms with Crippen molar-refractivity contribution in [3.63, 3.8) is 0 Å². The van der Waals surface area contributed by atoms with Crippen LogP contribution in [0.4, 0.5) is 0 Å². The van der Waals surface area contributed by atoms with Crippen molar-refractivity contribution >= 4 is 0 Å². The van der Waals surface area contributed by atoms with Crippen LogP contribution in [0.25, 0.3) is 0 Å². The fraction of sp³-hybridized carbons (Fsp3) is 0.467. The van der Waals surface area contributed by atoms with Crippen LogP contribution in [0.2, 0.25) is 0 Å². The summed E-state index contributed by atoms with van der Waals surface area (Å²) in [6.45, 7) is 3.69. The summed E-state index contributed by atoms with van der Waals surface area (Å²) in [6.07, 6.45) is 2.41. The molecule has 1 aromatic heterocycles. The number of hydrogen-bond acceptors (Lipinski definition) is 4. The Balaban J connectivity index is 1.57. The zero-order valence-corrected chi connectivity index (χ0v) is 11.5. The van der Waals surface area contributed by atoms with Gasteiger partial charge in [0, 0.05) is 12.5 Å². The van der Waals surface area contributed by atoms with E-state index in [-0.39, 0.29) is 0 Å². The van der Waals surface area contributed by atoms with Crippen LogP contribution in [0.5, 0.6) is 0 Å². The zero-order valence-electron chi connectivity index (χ0n) is 11.5. The smallest absolute Gasteiger partial charge is 0.240 e. The highest BCUT2D eigenvalue weighted by Gasteiger charge is 2.28. The van der Waals surface area contributed by atoms with E-state index in [1.54, 1.807) is 0 Å². The van der Waals surface area contributed by atoms with Gasteiger partial charge in [-0.1, -0.05) is 35.0 Å². The van der Waals surface area contributed by atoms with E-state index in [0.29, 0.717) is 12.5 Å². The van der Waals surface area contributed by atoms with Crippen LogP contribution in [0, 0.1) is 6.92 Å². The Morgan fingerprint density at radius 2 is 1.95 bits per heavy atom. The SMILES string of the molecule is Cc1ccc(CN(C)Cc2nc(C3CC3)no2)cc1. The Kier molecular flexibility index (Phi) is 3.34. The van der Waals surface area contributed by atoms with Gasteiger partial charge in [-0.2, -0.15) is 4.98 Å². The molecule has 3 rings (SSSR count). The van der Waals surface area contributed by atoms with Crippen LogP contribution in [0.15, 0.2) is 28.8 Å². The highest BCUT2D eigenvalue weighted by molar-refractivity contribution is 5.21. The van der Waals surface area contributed by atoms with Crippen LogP contribution in [0.3, 0.4) is 0 Å². The summed E-state index contributed by atoms with van der Waals surface area (Å²) in [5.41, 5.74) is 2.59. The Morgan fingerprint density at radius 3 is 2.63 bits per heavy atom. The molecular weight excluding hydrogens is 238 g/mol. The molecule has 100 valence electrons. The third-order valence-electron chi connectivity index (χ3n) is 3.40. The first kappa shape index (κ1) is 12.4. The minimum atomic E-state index is 0.555. The van der Waals surface area contributed by atoms with Gasteiger partial charge >= 0.3 is 0 Å². The molecule has 0 bridgehead atoms. The molecule has 1 heterocycles. The number of rotatable bonds is 5. The predicted octanol–water partition coefficient (Wildman–Crippen LogP) is 2.89. The normalized spacial score (nSPS) is 15.1. The van der Waals surface area contributed by atoms with E-state index in [2.05, 4.69) is 53.3 Å². The van der Waals surface area contributed by atoms with E-state index < -0.39 is 0 Å². The first-order valence-corrected chi connectivity index (χ1v) is 6.77. The maximum atomic E-state index is 5.29. The Bertz CT molecular complexity index is 543. The lowest BCUT2D eigenvalue weighted by molar-refractivity contribution is 0.260. The number of hydrogen-bond donors (Lipinski definition) is 0. The lowest BCUT2D eigenvalue weighted by Crippen LogP contribution is -2.17. The van der Waals surface area contributed by atoms with Crippen LogP contribution < -0.4 is 0 Å². The molecule has 1 saturated carbocycles. The number of aromatic nitrogens is 2. The van der Waals surface area contributed by atoms with Crippen molar-refractivity contribution in [3.8, 4) is 0 Å². The summed E-state index contributed by atoms with van der Waals surface area (Å²) < 4.78 is 5.29. The van der Waals surface area contributed by atoms with E-state index in [1.807, 2.05) is 0 Å². The molecule has 1 aliphatic rings. The van der Waals surface area contributed by atoms with Gasteiger partial charge in [-0.25, -0.2) is 0 Å². The second-order valence-corrected chi connectivity index (χ2v) is 5.48. The van der Waals surface area contributed by atoms with Gasteiger partial charge in [0.15, 0.2) is 5.82 Å². The Labute approximate surface area is 113 Å². The molecule has 1 fully saturated rings. The van der Waals surface area contributed by atoms with Gasteiger partial charge in [0.05, 0.1) is 6.54 Å². The molecule has 4 nitrogen and oxygen atoms in total. The third kappa shape index (κ3) is 3.20. The molecule has 0 amide bonds. The molecular formula is C15H19N3O. The number of nitrogens with zero attached hydrogens (tertiary/aromatic N) is 3. The van der Waals surface area contributed by atoms with Crippen LogP contribution in [0.1, 0.15) is 41.6 Å². The van der Waals surface area contributed by atoms with E-state index in [1.165, 1.54) is 24.0 Å². The molecule has 0 saturated heterocycles. The molecule has 1 aromatic carbocycles. The Hall–Kier alpha value is -1.68. The fourth-order valence-electron chi connectivity index (χ4n) is 2.13. The molecule has 2 aromatic rings. The minimum absolute atomic E-state index is 0.555. The van der Waals surface area contributed by atoms with Gasteiger partial charge in [-0.15, -0.1) is 0 Å². The molecule has 0 radical (unpaired) electrons. The van der Waals surface area contributed by atoms with Crippen molar-refractivity contribution in [3.05, 3.63) is 47.1 Å². The van der Waals surface area contributed by atoms with Gasteiger partial charge in [0.1, 0.15) is 0 Å². The number of benzene rings is 1. The Morgan fingerprint density at radius 1 is 1.21 bits per heavy atom. The second kappa shape index (κ2) is 5.13. The quantitative estimate of drug-likeness (QED) is 0.826. The van der Waals surface area contributed by atoms with Crippen molar-refractivity contribution in [1.82, 2.24) is 15.0 Å². The summed E-state index contributed by atoms with van der Waals surface area (Å²) >= 11 is 0. The maximum absolute atomic E-state index is 5.29. The monoisotopic (exact) mass is 257 g/mol. The lowest BCUT2D eigenvalue weighted by atomic mass is 10.1. The van der Waals surface area contributed by atoms with Crippen LogP contribution >= 0.6 is 0 Å². The predicted molar refractivity (Wildman–Crippen MR) is 72.6 cm³/mol. The van der Waals surface area contributed by atoms with Gasteiger partial charge < -0.3 is 4.52 Å². The fourth-order valence-corrected chi connectivity index (χ4v) is 2.13. The molecule has 1 aliphatic carbocycles. The van der Waals surface area contributed by atoms with Crippen LogP contribution in [-0.4, -0.2) is 22.1 Å². The first-order valence-electron chi connectivity index (χ1n) is 6.77. The first-order chi connectivity index (χ1) is 9.20. The summed E-state index contributed by atoms with van der Waals surface area (Å²) in [5.74, 6) is 2.16. The molecule has 0 atom stereocenters. The largest absolute Gasteiger partial charge is 0.338 e. The van der Waals surface area contributed by atoms with Gasteiger partial charge in [-0.3, -0.25) is 4.90 Å². The van der Waals surface area contributed by atoms with Gasteiger partial charge in [0.2, 0.25) is 5.89 Å². The zero-order chi connectivity index (χ0) is 13.2. The standard InChI is InChI=1S/C15H19N3O/c1-11-3-5-12(6-4-11)9-18(2)10-14-16-15(17-19-14)13-7-8-13/h3-6,13H,7-10H2,1-2H3. The summed E-state index contributed by atoms with van der Waals surface area (Å²) in [4.78, 5) is 6.64. The molecule has 0 spiro atoms.